The van der Waals surface area contributed by atoms with Crippen molar-refractivity contribution in [1.29, 1.82) is 0 Å². The van der Waals surface area contributed by atoms with Crippen LogP contribution in [0, 0.1) is 0 Å². The maximum atomic E-state index is 5.51. The lowest BCUT2D eigenvalue weighted by Crippen LogP contribution is -1.81. The minimum Gasteiger partial charge on any atom is -0.394 e. The van der Waals surface area contributed by atoms with Crippen molar-refractivity contribution in [3.63, 3.8) is 0 Å². The molecule has 0 fully saturated rings. The van der Waals surface area contributed by atoms with Crippen molar-refractivity contribution >= 4 is 11.3 Å². The van der Waals surface area contributed by atoms with Crippen LogP contribution in [0.15, 0.2) is 18.6 Å². The van der Waals surface area contributed by atoms with Crippen LogP contribution in [-0.4, -0.2) is 14.6 Å². The highest BCUT2D eigenvalue weighted by Gasteiger charge is 1.96. The molecule has 0 amide bonds. The fourth-order valence-electron chi connectivity index (χ4n) is 0.825. The number of nitrogen functional groups attached to an aromatic ring is 1. The van der Waals surface area contributed by atoms with Crippen LogP contribution in [0.25, 0.3) is 5.65 Å². The smallest absolute Gasteiger partial charge is 0.156 e. The van der Waals surface area contributed by atoms with Gasteiger partial charge in [-0.2, -0.15) is 5.10 Å². The number of anilines is 1. The molecule has 0 saturated carbocycles. The van der Waals surface area contributed by atoms with Gasteiger partial charge in [0.15, 0.2) is 5.65 Å². The molecule has 0 aromatic carbocycles. The molecule has 4 heteroatoms. The molecule has 9 heavy (non-hydrogen) atoms. The third-order valence-corrected chi connectivity index (χ3v) is 1.26. The summed E-state index contributed by atoms with van der Waals surface area (Å²) in [6, 6.07) is 0. The lowest BCUT2D eigenvalue weighted by atomic mass is 10.6. The van der Waals surface area contributed by atoms with Gasteiger partial charge in [0.05, 0.1) is 11.9 Å². The van der Waals surface area contributed by atoms with Crippen molar-refractivity contribution in [3.8, 4) is 0 Å². The third kappa shape index (κ3) is 0.440. The second-order valence-corrected chi connectivity index (χ2v) is 1.85. The van der Waals surface area contributed by atoms with Gasteiger partial charge in [-0.05, 0) is 0 Å². The van der Waals surface area contributed by atoms with E-state index in [4.69, 9.17) is 5.73 Å². The maximum Gasteiger partial charge on any atom is 0.156 e. The van der Waals surface area contributed by atoms with Crippen LogP contribution in [0.1, 0.15) is 0 Å². The van der Waals surface area contributed by atoms with Gasteiger partial charge in [0.2, 0.25) is 0 Å². The minimum absolute atomic E-state index is 0.681. The molecule has 3 N–H and O–H groups in total. The zero-order chi connectivity index (χ0) is 6.27. The van der Waals surface area contributed by atoms with Gasteiger partial charge in [-0.15, -0.1) is 0 Å². The minimum atomic E-state index is 0.681. The molecule has 0 saturated heterocycles. The van der Waals surface area contributed by atoms with E-state index in [1.54, 1.807) is 16.9 Å². The Hall–Kier alpha value is -1.45. The molecule has 0 aliphatic carbocycles. The highest BCUT2D eigenvalue weighted by atomic mass is 15.3. The standard InChI is InChI=1S/C5H6N4/c6-4-3-8-9-2-1-7-5(4)9/h1-3,7H,6H2. The summed E-state index contributed by atoms with van der Waals surface area (Å²) in [7, 11) is 0. The van der Waals surface area contributed by atoms with E-state index in [0.717, 1.165) is 5.65 Å². The summed E-state index contributed by atoms with van der Waals surface area (Å²) in [6.07, 6.45) is 5.22. The Morgan fingerprint density at radius 2 is 2.56 bits per heavy atom. The molecular formula is C5H6N4. The number of nitrogens with one attached hydrogen (secondary N) is 1. The van der Waals surface area contributed by atoms with Crippen LogP contribution < -0.4 is 5.73 Å². The number of hydrogen-bond donors (Lipinski definition) is 2. The molecule has 0 aliphatic rings. The Morgan fingerprint density at radius 1 is 1.67 bits per heavy atom. The van der Waals surface area contributed by atoms with Gasteiger partial charge in [-0.25, -0.2) is 4.52 Å². The molecule has 4 nitrogen and oxygen atoms in total. The highest BCUT2D eigenvalue weighted by molar-refractivity contribution is 5.62. The molecule has 0 aliphatic heterocycles. The fraction of sp³-hybridized carbons (Fsp3) is 0. The molecule has 0 atom stereocenters. The quantitative estimate of drug-likeness (QED) is 0.526. The monoisotopic (exact) mass is 122 g/mol. The number of nitrogens with two attached hydrogens (primary N) is 1. The number of aromatic nitrogens is 3. The van der Waals surface area contributed by atoms with Gasteiger partial charge in [-0.3, -0.25) is 0 Å². The third-order valence-electron chi connectivity index (χ3n) is 1.26. The zero-order valence-corrected chi connectivity index (χ0v) is 4.70. The van der Waals surface area contributed by atoms with Crippen molar-refractivity contribution in [2.24, 2.45) is 0 Å². The predicted octanol–water partition coefficient (Wildman–Crippen LogP) is 0.245. The number of aromatic amines is 1. The van der Waals surface area contributed by atoms with Gasteiger partial charge >= 0.3 is 0 Å². The van der Waals surface area contributed by atoms with Crippen LogP contribution in [0.5, 0.6) is 0 Å². The van der Waals surface area contributed by atoms with Crippen molar-refractivity contribution in [1.82, 2.24) is 14.6 Å². The summed E-state index contributed by atoms with van der Waals surface area (Å²) in [5.41, 5.74) is 7.04. The second-order valence-electron chi connectivity index (χ2n) is 1.85. The summed E-state index contributed by atoms with van der Waals surface area (Å²) in [4.78, 5) is 2.94. The van der Waals surface area contributed by atoms with Crippen molar-refractivity contribution in [2.75, 3.05) is 5.73 Å². The number of rotatable bonds is 0. The van der Waals surface area contributed by atoms with Crippen molar-refractivity contribution in [2.45, 2.75) is 0 Å². The summed E-state index contributed by atoms with van der Waals surface area (Å²) in [6.45, 7) is 0. The predicted molar refractivity (Wildman–Crippen MR) is 34.0 cm³/mol. The Balaban J connectivity index is 2.99. The van der Waals surface area contributed by atoms with E-state index in [2.05, 4.69) is 10.1 Å². The van der Waals surface area contributed by atoms with Crippen molar-refractivity contribution in [3.05, 3.63) is 18.6 Å². The van der Waals surface area contributed by atoms with Crippen LogP contribution >= 0.6 is 0 Å². The first kappa shape index (κ1) is 4.43. The van der Waals surface area contributed by atoms with E-state index in [1.807, 2.05) is 6.20 Å². The highest BCUT2D eigenvalue weighted by Crippen LogP contribution is 2.07. The molecule has 2 aromatic heterocycles. The summed E-state index contributed by atoms with van der Waals surface area (Å²) >= 11 is 0. The van der Waals surface area contributed by atoms with E-state index in [-0.39, 0.29) is 0 Å². The molecular weight excluding hydrogens is 116 g/mol. The zero-order valence-electron chi connectivity index (χ0n) is 4.70. The fourth-order valence-corrected chi connectivity index (χ4v) is 0.825. The number of hydrogen-bond acceptors (Lipinski definition) is 2. The Labute approximate surface area is 51.3 Å². The maximum absolute atomic E-state index is 5.51. The number of nitrogens with zero attached hydrogens (tertiary/aromatic N) is 2. The lowest BCUT2D eigenvalue weighted by molar-refractivity contribution is 0.973. The van der Waals surface area contributed by atoms with Gasteiger partial charge in [0.25, 0.3) is 0 Å². The number of H-pyrrole nitrogens is 1. The average Bonchev–Trinajstić information content (AvgIpc) is 2.35. The average molecular weight is 122 g/mol. The van der Waals surface area contributed by atoms with E-state index in [9.17, 15) is 0 Å². The van der Waals surface area contributed by atoms with Crippen LogP contribution in [0.4, 0.5) is 5.69 Å². The molecule has 46 valence electrons. The van der Waals surface area contributed by atoms with E-state index < -0.39 is 0 Å². The Morgan fingerprint density at radius 3 is 3.33 bits per heavy atom. The first-order chi connectivity index (χ1) is 4.38. The molecule has 0 radical (unpaired) electrons. The Bertz CT molecular complexity index is 318. The topological polar surface area (TPSA) is 59.1 Å². The van der Waals surface area contributed by atoms with Gasteiger partial charge in [-0.1, -0.05) is 0 Å². The summed E-state index contributed by atoms with van der Waals surface area (Å²) < 4.78 is 1.69. The largest absolute Gasteiger partial charge is 0.394 e. The van der Waals surface area contributed by atoms with E-state index in [0.29, 0.717) is 5.69 Å². The number of fused-ring (bicyclic) bond motifs is 1. The van der Waals surface area contributed by atoms with Gasteiger partial charge in [0, 0.05) is 12.4 Å². The lowest BCUT2D eigenvalue weighted by Gasteiger charge is -1.78. The normalized spacial score (nSPS) is 10.7. The van der Waals surface area contributed by atoms with Gasteiger partial charge < -0.3 is 10.7 Å². The van der Waals surface area contributed by atoms with E-state index in [1.165, 1.54) is 0 Å². The number of imidazole rings is 1. The Kier molecular flexibility index (Phi) is 0.631. The first-order valence-corrected chi connectivity index (χ1v) is 2.64. The molecule has 0 unspecified atom stereocenters. The summed E-state index contributed by atoms with van der Waals surface area (Å²) in [5, 5.41) is 3.94. The molecule has 2 heterocycles. The van der Waals surface area contributed by atoms with Crippen molar-refractivity contribution < 1.29 is 0 Å². The molecule has 2 rings (SSSR count). The van der Waals surface area contributed by atoms with Gasteiger partial charge in [0.1, 0.15) is 0 Å². The molecule has 0 spiro atoms. The summed E-state index contributed by atoms with van der Waals surface area (Å²) in [5.74, 6) is 0. The molecule has 0 bridgehead atoms. The van der Waals surface area contributed by atoms with E-state index >= 15 is 0 Å². The second kappa shape index (κ2) is 1.28. The van der Waals surface area contributed by atoms with Crippen LogP contribution in [-0.2, 0) is 0 Å². The SMILES string of the molecule is Nc1cnn2cc[nH]c12. The van der Waals surface area contributed by atoms with Crippen LogP contribution in [0.2, 0.25) is 0 Å². The molecule has 2 aromatic rings. The first-order valence-electron chi connectivity index (χ1n) is 2.64. The van der Waals surface area contributed by atoms with Crippen LogP contribution in [0.3, 0.4) is 0 Å².